The van der Waals surface area contributed by atoms with Gasteiger partial charge < -0.3 is 4.74 Å². The minimum Gasteiger partial charge on any atom is -0.430 e. The lowest BCUT2D eigenvalue weighted by molar-refractivity contribution is -0.137. The molecule has 1 rings (SSSR count). The molecule has 0 amide bonds. The molecular weight excluding hydrogens is 208 g/mol. The Hall–Kier alpha value is -0.310. The van der Waals surface area contributed by atoms with Crippen LogP contribution in [0.4, 0.5) is 0 Å². The summed E-state index contributed by atoms with van der Waals surface area (Å²) in [5.41, 5.74) is 0. The van der Waals surface area contributed by atoms with Crippen LogP contribution in [0, 0.1) is 0 Å². The molecular formula is C8H11BrO2. The molecule has 0 saturated heterocycles. The van der Waals surface area contributed by atoms with E-state index < -0.39 is 0 Å². The highest BCUT2D eigenvalue weighted by atomic mass is 79.9. The van der Waals surface area contributed by atoms with Crippen molar-refractivity contribution in [3.63, 3.8) is 0 Å². The Labute approximate surface area is 74.7 Å². The van der Waals surface area contributed by atoms with Gasteiger partial charge in [0.2, 0.25) is 0 Å². The van der Waals surface area contributed by atoms with Crippen molar-refractivity contribution in [1.82, 2.24) is 0 Å². The molecule has 0 fully saturated rings. The predicted octanol–water partition coefficient (Wildman–Crippen LogP) is 2.73. The monoisotopic (exact) mass is 218 g/mol. The number of carbonyl (C=O) groups is 1. The van der Waals surface area contributed by atoms with Gasteiger partial charge in [-0.3, -0.25) is 4.79 Å². The van der Waals surface area contributed by atoms with Crippen molar-refractivity contribution in [2.24, 2.45) is 0 Å². The zero-order chi connectivity index (χ0) is 8.27. The van der Waals surface area contributed by atoms with E-state index in [2.05, 4.69) is 15.9 Å². The zero-order valence-electron chi connectivity index (χ0n) is 6.52. The summed E-state index contributed by atoms with van der Waals surface area (Å²) in [6.07, 6.45) is 4.20. The average molecular weight is 219 g/mol. The molecule has 2 nitrogen and oxygen atoms in total. The van der Waals surface area contributed by atoms with Crippen molar-refractivity contribution < 1.29 is 9.53 Å². The lowest BCUT2D eigenvalue weighted by Crippen LogP contribution is -2.04. The fourth-order valence-corrected chi connectivity index (χ4v) is 1.68. The molecule has 0 saturated carbocycles. The molecule has 0 unspecified atom stereocenters. The highest BCUT2D eigenvalue weighted by molar-refractivity contribution is 9.11. The van der Waals surface area contributed by atoms with Gasteiger partial charge in [0.25, 0.3) is 0 Å². The highest BCUT2D eigenvalue weighted by Crippen LogP contribution is 2.29. The summed E-state index contributed by atoms with van der Waals surface area (Å²) in [4.78, 5) is 10.6. The van der Waals surface area contributed by atoms with E-state index in [1.54, 1.807) is 0 Å². The molecule has 0 aromatic carbocycles. The molecule has 0 aromatic rings. The van der Waals surface area contributed by atoms with Crippen molar-refractivity contribution in [2.75, 3.05) is 0 Å². The van der Waals surface area contributed by atoms with Crippen LogP contribution >= 0.6 is 15.9 Å². The van der Waals surface area contributed by atoms with Gasteiger partial charge >= 0.3 is 5.97 Å². The lowest BCUT2D eigenvalue weighted by atomic mass is 10.1. The third kappa shape index (κ3) is 2.66. The molecule has 62 valence electrons. The maximum Gasteiger partial charge on any atom is 0.307 e. The molecule has 0 radical (unpaired) electrons. The Morgan fingerprint density at radius 2 is 2.09 bits per heavy atom. The first-order chi connectivity index (χ1) is 5.20. The zero-order valence-corrected chi connectivity index (χ0v) is 8.11. The van der Waals surface area contributed by atoms with Crippen molar-refractivity contribution in [3.8, 4) is 0 Å². The van der Waals surface area contributed by atoms with Crippen molar-refractivity contribution in [1.29, 1.82) is 0 Å². The molecule has 1 aliphatic carbocycles. The van der Waals surface area contributed by atoms with Gasteiger partial charge in [-0.15, -0.1) is 0 Å². The normalized spacial score (nSPS) is 18.4. The third-order valence-corrected chi connectivity index (χ3v) is 2.46. The van der Waals surface area contributed by atoms with Crippen LogP contribution < -0.4 is 0 Å². The summed E-state index contributed by atoms with van der Waals surface area (Å²) in [7, 11) is 0. The number of carbonyl (C=O) groups excluding carboxylic acids is 1. The maximum atomic E-state index is 10.6. The standard InChI is InChI=1S/C8H11BrO2/c1-6(10)11-8-5-3-2-4-7(8)9/h2-5H2,1H3. The largest absolute Gasteiger partial charge is 0.430 e. The summed E-state index contributed by atoms with van der Waals surface area (Å²) in [5, 5.41) is 0. The van der Waals surface area contributed by atoms with Gasteiger partial charge in [-0.2, -0.15) is 0 Å². The summed E-state index contributed by atoms with van der Waals surface area (Å²) in [5.74, 6) is 0.600. The van der Waals surface area contributed by atoms with E-state index in [0.717, 1.165) is 29.5 Å². The van der Waals surface area contributed by atoms with Gasteiger partial charge in [0, 0.05) is 17.8 Å². The van der Waals surface area contributed by atoms with E-state index in [-0.39, 0.29) is 5.97 Å². The van der Waals surface area contributed by atoms with Crippen LogP contribution in [0.5, 0.6) is 0 Å². The van der Waals surface area contributed by atoms with E-state index in [4.69, 9.17) is 4.74 Å². The first kappa shape index (κ1) is 8.78. The maximum absolute atomic E-state index is 10.6. The number of ether oxygens (including phenoxy) is 1. The van der Waals surface area contributed by atoms with Crippen LogP contribution in [0.15, 0.2) is 10.2 Å². The Balaban J connectivity index is 2.59. The Morgan fingerprint density at radius 3 is 2.64 bits per heavy atom. The number of allylic oxidation sites excluding steroid dienone is 2. The second kappa shape index (κ2) is 3.90. The van der Waals surface area contributed by atoms with Gasteiger partial charge in [-0.1, -0.05) is 15.9 Å². The van der Waals surface area contributed by atoms with Gasteiger partial charge in [-0.05, 0) is 19.3 Å². The van der Waals surface area contributed by atoms with Crippen molar-refractivity contribution in [2.45, 2.75) is 32.6 Å². The Bertz CT molecular complexity index is 196. The van der Waals surface area contributed by atoms with E-state index >= 15 is 0 Å². The minimum atomic E-state index is -0.223. The summed E-state index contributed by atoms with van der Waals surface area (Å²) < 4.78 is 6.05. The van der Waals surface area contributed by atoms with E-state index in [1.807, 2.05) is 0 Å². The van der Waals surface area contributed by atoms with Crippen LogP contribution in [0.2, 0.25) is 0 Å². The topological polar surface area (TPSA) is 26.3 Å². The molecule has 0 aliphatic heterocycles. The fourth-order valence-electron chi connectivity index (χ4n) is 1.12. The predicted molar refractivity (Wildman–Crippen MR) is 46.2 cm³/mol. The first-order valence-corrected chi connectivity index (χ1v) is 4.55. The second-order valence-corrected chi connectivity index (χ2v) is 3.59. The minimum absolute atomic E-state index is 0.223. The number of esters is 1. The molecule has 0 heterocycles. The average Bonchev–Trinajstić information content (AvgIpc) is 1.93. The molecule has 0 bridgehead atoms. The fraction of sp³-hybridized carbons (Fsp3) is 0.625. The molecule has 1 aliphatic rings. The third-order valence-electron chi connectivity index (χ3n) is 1.62. The van der Waals surface area contributed by atoms with Crippen LogP contribution in [0.3, 0.4) is 0 Å². The van der Waals surface area contributed by atoms with Crippen LogP contribution in [0.1, 0.15) is 32.6 Å². The number of hydrogen-bond acceptors (Lipinski definition) is 2. The quantitative estimate of drug-likeness (QED) is 0.633. The van der Waals surface area contributed by atoms with Crippen LogP contribution in [-0.2, 0) is 9.53 Å². The summed E-state index contributed by atoms with van der Waals surface area (Å²) >= 11 is 3.39. The Morgan fingerprint density at radius 1 is 1.45 bits per heavy atom. The number of halogens is 1. The smallest absolute Gasteiger partial charge is 0.307 e. The van der Waals surface area contributed by atoms with Crippen LogP contribution in [-0.4, -0.2) is 5.97 Å². The van der Waals surface area contributed by atoms with E-state index in [9.17, 15) is 4.79 Å². The molecule has 0 N–H and O–H groups in total. The second-order valence-electron chi connectivity index (χ2n) is 2.63. The number of hydrogen-bond donors (Lipinski definition) is 0. The van der Waals surface area contributed by atoms with Crippen molar-refractivity contribution >= 4 is 21.9 Å². The molecule has 11 heavy (non-hydrogen) atoms. The molecule has 3 heteroatoms. The van der Waals surface area contributed by atoms with Crippen molar-refractivity contribution in [3.05, 3.63) is 10.2 Å². The first-order valence-electron chi connectivity index (χ1n) is 3.76. The van der Waals surface area contributed by atoms with E-state index in [1.165, 1.54) is 13.3 Å². The SMILES string of the molecule is CC(=O)OC1=C(Br)CCCC1. The number of rotatable bonds is 1. The molecule has 0 atom stereocenters. The van der Waals surface area contributed by atoms with Gasteiger partial charge in [0.1, 0.15) is 5.76 Å². The summed E-state index contributed by atoms with van der Waals surface area (Å²) in [6, 6.07) is 0. The molecule has 0 spiro atoms. The van der Waals surface area contributed by atoms with Gasteiger partial charge in [-0.25, -0.2) is 0 Å². The Kier molecular flexibility index (Phi) is 3.12. The highest BCUT2D eigenvalue weighted by Gasteiger charge is 2.12. The summed E-state index contributed by atoms with van der Waals surface area (Å²) in [6.45, 7) is 1.43. The lowest BCUT2D eigenvalue weighted by Gasteiger charge is -2.14. The van der Waals surface area contributed by atoms with Gasteiger partial charge in [0.05, 0.1) is 0 Å². The van der Waals surface area contributed by atoms with Crippen LogP contribution in [0.25, 0.3) is 0 Å². The van der Waals surface area contributed by atoms with E-state index in [0.29, 0.717) is 0 Å². The molecule has 0 aromatic heterocycles. The van der Waals surface area contributed by atoms with Gasteiger partial charge in [0.15, 0.2) is 0 Å².